The van der Waals surface area contributed by atoms with E-state index in [0.29, 0.717) is 5.89 Å². The third-order valence-electron chi connectivity index (χ3n) is 11.1. The number of benzene rings is 8. The van der Waals surface area contributed by atoms with E-state index in [0.717, 1.165) is 27.9 Å². The minimum absolute atomic E-state index is 0.547. The Morgan fingerprint density at radius 1 is 0.453 bits per heavy atom. The zero-order valence-electron chi connectivity index (χ0n) is 28.8. The van der Waals surface area contributed by atoms with Crippen LogP contribution in [0.1, 0.15) is 22.3 Å². The van der Waals surface area contributed by atoms with Crippen LogP contribution in [0.2, 0.25) is 0 Å². The number of hydrogen-bond donors (Lipinski definition) is 0. The van der Waals surface area contributed by atoms with E-state index in [9.17, 15) is 0 Å². The zero-order chi connectivity index (χ0) is 34.9. The second-order valence-corrected chi connectivity index (χ2v) is 13.9. The maximum Gasteiger partial charge on any atom is 0.227 e. The number of nitrogens with zero attached hydrogens (tertiary/aromatic N) is 2. The lowest BCUT2D eigenvalue weighted by molar-refractivity contribution is 0.620. The third-order valence-corrected chi connectivity index (χ3v) is 11.1. The molecule has 0 saturated carbocycles. The number of fused-ring (bicyclic) bond motifs is 8. The minimum Gasteiger partial charge on any atom is -0.436 e. The number of oxazole rings is 1. The summed E-state index contributed by atoms with van der Waals surface area (Å²) in [5.41, 5.74) is 15.2. The van der Waals surface area contributed by atoms with E-state index in [4.69, 9.17) is 9.40 Å². The molecule has 11 rings (SSSR count). The van der Waals surface area contributed by atoms with Crippen LogP contribution in [0.25, 0.3) is 72.3 Å². The molecule has 2 heterocycles. The Bertz CT molecular complexity index is 2940. The van der Waals surface area contributed by atoms with Gasteiger partial charge in [0.2, 0.25) is 5.89 Å². The smallest absolute Gasteiger partial charge is 0.227 e. The van der Waals surface area contributed by atoms with Gasteiger partial charge in [0.1, 0.15) is 5.52 Å². The quantitative estimate of drug-likeness (QED) is 0.182. The molecule has 53 heavy (non-hydrogen) atoms. The van der Waals surface area contributed by atoms with Crippen molar-refractivity contribution in [2.45, 2.75) is 5.41 Å². The Hall–Kier alpha value is -6.97. The van der Waals surface area contributed by atoms with Crippen molar-refractivity contribution in [3.05, 3.63) is 216 Å². The molecule has 0 spiro atoms. The van der Waals surface area contributed by atoms with Gasteiger partial charge in [0, 0.05) is 27.6 Å². The molecule has 8 aromatic carbocycles. The fraction of sp³-hybridized carbons (Fsp3) is 0.0200. The van der Waals surface area contributed by atoms with Crippen molar-refractivity contribution in [1.29, 1.82) is 0 Å². The van der Waals surface area contributed by atoms with Gasteiger partial charge >= 0.3 is 0 Å². The van der Waals surface area contributed by atoms with Gasteiger partial charge in [-0.05, 0) is 87.5 Å². The topological polar surface area (TPSA) is 31.0 Å². The Morgan fingerprint density at radius 3 is 1.81 bits per heavy atom. The summed E-state index contributed by atoms with van der Waals surface area (Å²) in [5, 5.41) is 2.48. The first-order valence-electron chi connectivity index (χ1n) is 18.1. The summed E-state index contributed by atoms with van der Waals surface area (Å²) >= 11 is 0. The fourth-order valence-electron chi connectivity index (χ4n) is 8.86. The van der Waals surface area contributed by atoms with Gasteiger partial charge in [0.25, 0.3) is 0 Å². The molecule has 3 nitrogen and oxygen atoms in total. The molecule has 3 heteroatoms. The van der Waals surface area contributed by atoms with E-state index in [2.05, 4.69) is 199 Å². The summed E-state index contributed by atoms with van der Waals surface area (Å²) in [6.45, 7) is 0. The lowest BCUT2D eigenvalue weighted by Crippen LogP contribution is -2.28. The molecular weight excluding hydrogens is 645 g/mol. The number of aromatic nitrogens is 2. The van der Waals surface area contributed by atoms with Crippen LogP contribution in [-0.2, 0) is 5.41 Å². The van der Waals surface area contributed by atoms with Gasteiger partial charge in [0.05, 0.1) is 16.4 Å². The number of hydrogen-bond acceptors (Lipinski definition) is 2. The summed E-state index contributed by atoms with van der Waals surface area (Å²) < 4.78 is 8.98. The first-order valence-corrected chi connectivity index (χ1v) is 18.1. The van der Waals surface area contributed by atoms with Gasteiger partial charge < -0.3 is 8.98 Å². The number of rotatable bonds is 5. The van der Waals surface area contributed by atoms with Gasteiger partial charge in [-0.1, -0.05) is 146 Å². The Balaban J connectivity index is 1.04. The molecule has 0 radical (unpaired) electrons. The summed E-state index contributed by atoms with van der Waals surface area (Å²) in [7, 11) is 0. The maximum atomic E-state index is 6.63. The molecule has 0 atom stereocenters. The Morgan fingerprint density at radius 2 is 1.06 bits per heavy atom. The third kappa shape index (κ3) is 4.31. The predicted octanol–water partition coefficient (Wildman–Crippen LogP) is 12.6. The first kappa shape index (κ1) is 29.7. The van der Waals surface area contributed by atoms with E-state index in [1.807, 2.05) is 0 Å². The van der Waals surface area contributed by atoms with Crippen molar-refractivity contribution in [3.8, 4) is 39.4 Å². The summed E-state index contributed by atoms with van der Waals surface area (Å²) in [4.78, 5) is 5.32. The monoisotopic (exact) mass is 676 g/mol. The molecule has 1 aliphatic carbocycles. The highest BCUT2D eigenvalue weighted by Gasteiger charge is 2.48. The van der Waals surface area contributed by atoms with E-state index in [1.54, 1.807) is 0 Å². The molecule has 0 N–H and O–H groups in total. The predicted molar refractivity (Wildman–Crippen MR) is 217 cm³/mol. The van der Waals surface area contributed by atoms with Crippen LogP contribution in [0, 0.1) is 0 Å². The van der Waals surface area contributed by atoms with Crippen molar-refractivity contribution in [2.75, 3.05) is 0 Å². The standard InChI is InChI=1S/C50H32N2O/c1-4-14-36(15-5-1)50(37-16-6-2-7-17-37)43-22-12-10-20-39(43)41-29-31-46-48(47(41)50)51-49(53-46)34-26-24-33(25-27-34)35-28-30-45-42(32-35)40-21-11-13-23-44(40)52(45)38-18-8-3-9-19-38/h1-32H. The molecule has 0 saturated heterocycles. The van der Waals surface area contributed by atoms with Crippen molar-refractivity contribution in [2.24, 2.45) is 0 Å². The van der Waals surface area contributed by atoms with Gasteiger partial charge in [-0.15, -0.1) is 0 Å². The minimum atomic E-state index is -0.547. The molecule has 0 aliphatic heterocycles. The highest BCUT2D eigenvalue weighted by atomic mass is 16.3. The Kier molecular flexibility index (Phi) is 6.47. The molecule has 1 aliphatic rings. The van der Waals surface area contributed by atoms with Crippen molar-refractivity contribution in [1.82, 2.24) is 9.55 Å². The second kappa shape index (κ2) is 11.5. The molecular formula is C50H32N2O. The van der Waals surface area contributed by atoms with Crippen LogP contribution in [0.4, 0.5) is 0 Å². The van der Waals surface area contributed by atoms with E-state index >= 15 is 0 Å². The van der Waals surface area contributed by atoms with Crippen LogP contribution in [0.3, 0.4) is 0 Å². The second-order valence-electron chi connectivity index (χ2n) is 13.9. The zero-order valence-corrected chi connectivity index (χ0v) is 28.8. The lowest BCUT2D eigenvalue weighted by Gasteiger charge is -2.33. The van der Waals surface area contributed by atoms with Gasteiger partial charge in [-0.25, -0.2) is 4.98 Å². The van der Waals surface area contributed by atoms with Gasteiger partial charge in [-0.3, -0.25) is 0 Å². The molecule has 248 valence electrons. The van der Waals surface area contributed by atoms with Crippen molar-refractivity contribution >= 4 is 32.9 Å². The van der Waals surface area contributed by atoms with Gasteiger partial charge in [-0.2, -0.15) is 0 Å². The first-order chi connectivity index (χ1) is 26.3. The SMILES string of the molecule is c1ccc(-n2c3ccccc3c3cc(-c4ccc(-c5nc6c7c(ccc6o5)-c5ccccc5C7(c5ccccc5)c5ccccc5)cc4)ccc32)cc1. The van der Waals surface area contributed by atoms with Crippen LogP contribution in [-0.4, -0.2) is 9.55 Å². The lowest BCUT2D eigenvalue weighted by atomic mass is 9.67. The molecule has 10 aromatic rings. The molecule has 0 unspecified atom stereocenters. The highest BCUT2D eigenvalue weighted by Crippen LogP contribution is 2.58. The van der Waals surface area contributed by atoms with Gasteiger partial charge in [0.15, 0.2) is 5.58 Å². The van der Waals surface area contributed by atoms with Crippen molar-refractivity contribution < 1.29 is 4.42 Å². The maximum absolute atomic E-state index is 6.63. The van der Waals surface area contributed by atoms with Crippen LogP contribution >= 0.6 is 0 Å². The average molecular weight is 677 g/mol. The number of para-hydroxylation sites is 2. The normalized spacial score (nSPS) is 13.1. The summed E-state index contributed by atoms with van der Waals surface area (Å²) in [6, 6.07) is 69.5. The molecule has 2 aromatic heterocycles. The fourth-order valence-corrected chi connectivity index (χ4v) is 8.86. The molecule has 0 fully saturated rings. The Labute approximate surface area is 307 Å². The van der Waals surface area contributed by atoms with Crippen molar-refractivity contribution in [3.63, 3.8) is 0 Å². The van der Waals surface area contributed by atoms with Crippen LogP contribution in [0.15, 0.2) is 199 Å². The molecule has 0 bridgehead atoms. The van der Waals surface area contributed by atoms with E-state index < -0.39 is 5.41 Å². The van der Waals surface area contributed by atoms with Crippen LogP contribution < -0.4 is 0 Å². The summed E-state index contributed by atoms with van der Waals surface area (Å²) in [5.74, 6) is 0.618. The summed E-state index contributed by atoms with van der Waals surface area (Å²) in [6.07, 6.45) is 0. The van der Waals surface area contributed by atoms with E-state index in [-0.39, 0.29) is 0 Å². The largest absolute Gasteiger partial charge is 0.436 e. The van der Waals surface area contributed by atoms with Crippen LogP contribution in [0.5, 0.6) is 0 Å². The highest BCUT2D eigenvalue weighted by molar-refractivity contribution is 6.10. The average Bonchev–Trinajstić information content (AvgIpc) is 3.91. The molecule has 0 amide bonds. The van der Waals surface area contributed by atoms with E-state index in [1.165, 1.54) is 60.8 Å².